The lowest BCUT2D eigenvalue weighted by Gasteiger charge is -2.20. The largest absolute Gasteiger partial charge is 0.369 e. The molecule has 20 heavy (non-hydrogen) atoms. The van der Waals surface area contributed by atoms with Crippen molar-refractivity contribution in [1.82, 2.24) is 14.5 Å². The van der Waals surface area contributed by atoms with E-state index in [1.165, 1.54) is 18.9 Å². The molecule has 108 valence electrons. The maximum Gasteiger partial charge on any atom is 0.201 e. The van der Waals surface area contributed by atoms with E-state index < -0.39 is 0 Å². The molecule has 3 rings (SSSR count). The van der Waals surface area contributed by atoms with Gasteiger partial charge in [-0.2, -0.15) is 0 Å². The van der Waals surface area contributed by atoms with Crippen LogP contribution in [0.2, 0.25) is 0 Å². The Bertz CT molecular complexity index is 630. The van der Waals surface area contributed by atoms with E-state index in [-0.39, 0.29) is 5.82 Å². The number of likely N-dealkylation sites (N-methyl/N-ethyl adjacent to an activating group) is 1. The topological polar surface area (TPSA) is 47.1 Å². The number of benzene rings is 1. The molecule has 0 aliphatic heterocycles. The van der Waals surface area contributed by atoms with E-state index in [1.54, 1.807) is 6.92 Å². The number of halogens is 1. The zero-order valence-corrected chi connectivity index (χ0v) is 12.1. The van der Waals surface area contributed by atoms with Crippen LogP contribution >= 0.6 is 0 Å². The van der Waals surface area contributed by atoms with Crippen LogP contribution < -0.4 is 5.73 Å². The van der Waals surface area contributed by atoms with E-state index in [1.807, 2.05) is 10.6 Å². The van der Waals surface area contributed by atoms with Crippen molar-refractivity contribution in [3.05, 3.63) is 23.5 Å². The van der Waals surface area contributed by atoms with Crippen molar-refractivity contribution in [2.75, 3.05) is 18.8 Å². The fourth-order valence-corrected chi connectivity index (χ4v) is 2.77. The molecule has 0 radical (unpaired) electrons. The number of anilines is 1. The average molecular weight is 276 g/mol. The second kappa shape index (κ2) is 5.05. The van der Waals surface area contributed by atoms with Gasteiger partial charge in [0.2, 0.25) is 5.95 Å². The highest BCUT2D eigenvalue weighted by Gasteiger charge is 2.27. The van der Waals surface area contributed by atoms with Gasteiger partial charge in [-0.3, -0.25) is 4.90 Å². The van der Waals surface area contributed by atoms with Gasteiger partial charge in [0.15, 0.2) is 0 Å². The van der Waals surface area contributed by atoms with Crippen LogP contribution in [0.1, 0.15) is 25.3 Å². The number of aryl methyl sites for hydroxylation is 1. The summed E-state index contributed by atoms with van der Waals surface area (Å²) in [5.41, 5.74) is 8.18. The predicted molar refractivity (Wildman–Crippen MR) is 79.1 cm³/mol. The van der Waals surface area contributed by atoms with Gasteiger partial charge in [0.05, 0.1) is 11.0 Å². The van der Waals surface area contributed by atoms with Crippen LogP contribution in [0.5, 0.6) is 0 Å². The third-order valence-corrected chi connectivity index (χ3v) is 4.14. The number of hydrogen-bond donors (Lipinski definition) is 1. The minimum atomic E-state index is -0.227. The monoisotopic (exact) mass is 276 g/mol. The molecule has 1 aromatic carbocycles. The number of imidazole rings is 1. The number of fused-ring (bicyclic) bond motifs is 1. The molecule has 0 bridgehead atoms. The van der Waals surface area contributed by atoms with Crippen molar-refractivity contribution < 1.29 is 4.39 Å². The van der Waals surface area contributed by atoms with Crippen LogP contribution in [-0.2, 0) is 6.54 Å². The van der Waals surface area contributed by atoms with E-state index >= 15 is 0 Å². The molecule has 0 spiro atoms. The first kappa shape index (κ1) is 13.4. The van der Waals surface area contributed by atoms with Crippen LogP contribution in [0.4, 0.5) is 10.3 Å². The van der Waals surface area contributed by atoms with E-state index in [4.69, 9.17) is 5.73 Å². The molecule has 1 fully saturated rings. The Morgan fingerprint density at radius 1 is 1.45 bits per heavy atom. The minimum Gasteiger partial charge on any atom is -0.369 e. The Balaban J connectivity index is 1.86. The third-order valence-electron chi connectivity index (χ3n) is 4.14. The summed E-state index contributed by atoms with van der Waals surface area (Å²) in [6, 6.07) is 4.05. The summed E-state index contributed by atoms with van der Waals surface area (Å²) in [7, 11) is 0. The average Bonchev–Trinajstić information content (AvgIpc) is 3.19. The van der Waals surface area contributed by atoms with Gasteiger partial charge in [-0.05, 0) is 37.9 Å². The van der Waals surface area contributed by atoms with Crippen molar-refractivity contribution in [3.8, 4) is 0 Å². The lowest BCUT2D eigenvalue weighted by molar-refractivity contribution is 0.268. The minimum absolute atomic E-state index is 0.227. The molecule has 2 N–H and O–H groups in total. The number of aromatic nitrogens is 2. The van der Waals surface area contributed by atoms with Crippen LogP contribution in [-0.4, -0.2) is 33.6 Å². The number of nitrogen functional groups attached to an aromatic ring is 1. The summed E-state index contributed by atoms with van der Waals surface area (Å²) in [5.74, 6) is 0.243. The number of nitrogens with two attached hydrogens (primary N) is 1. The Hall–Kier alpha value is -1.62. The van der Waals surface area contributed by atoms with Crippen molar-refractivity contribution in [2.45, 2.75) is 39.3 Å². The summed E-state index contributed by atoms with van der Waals surface area (Å²) < 4.78 is 15.6. The molecule has 0 unspecified atom stereocenters. The molecule has 0 amide bonds. The van der Waals surface area contributed by atoms with E-state index in [2.05, 4.69) is 16.8 Å². The maximum absolute atomic E-state index is 13.6. The highest BCUT2D eigenvalue weighted by molar-refractivity contribution is 5.79. The highest BCUT2D eigenvalue weighted by Crippen LogP contribution is 2.27. The van der Waals surface area contributed by atoms with Crippen molar-refractivity contribution >= 4 is 17.0 Å². The molecule has 1 heterocycles. The van der Waals surface area contributed by atoms with Crippen LogP contribution in [0.25, 0.3) is 11.0 Å². The molecule has 1 saturated carbocycles. The van der Waals surface area contributed by atoms with Crippen LogP contribution in [0.3, 0.4) is 0 Å². The van der Waals surface area contributed by atoms with Crippen molar-refractivity contribution in [1.29, 1.82) is 0 Å². The highest BCUT2D eigenvalue weighted by atomic mass is 19.1. The second-order valence-corrected chi connectivity index (χ2v) is 5.57. The van der Waals surface area contributed by atoms with Crippen molar-refractivity contribution in [2.24, 2.45) is 0 Å². The first-order valence-electron chi connectivity index (χ1n) is 7.26. The van der Waals surface area contributed by atoms with Gasteiger partial charge in [-0.15, -0.1) is 0 Å². The second-order valence-electron chi connectivity index (χ2n) is 5.57. The SMILES string of the molecule is CCN(CCn1c(N)nc2cc(F)c(C)cc21)C1CC1. The van der Waals surface area contributed by atoms with Gasteiger partial charge >= 0.3 is 0 Å². The number of rotatable bonds is 5. The fraction of sp³-hybridized carbons (Fsp3) is 0.533. The standard InChI is InChI=1S/C15H21FN4/c1-3-19(11-4-5-11)6-7-20-14-8-10(2)12(16)9-13(14)18-15(20)17/h8-9,11H,3-7H2,1-2H3,(H2,17,18). The fourth-order valence-electron chi connectivity index (χ4n) is 2.77. The molecule has 2 aromatic rings. The maximum atomic E-state index is 13.6. The molecule has 1 aliphatic carbocycles. The van der Waals surface area contributed by atoms with Gasteiger partial charge in [-0.1, -0.05) is 6.92 Å². The quantitative estimate of drug-likeness (QED) is 0.913. The van der Waals surface area contributed by atoms with Gasteiger partial charge in [0, 0.05) is 25.2 Å². The summed E-state index contributed by atoms with van der Waals surface area (Å²) in [4.78, 5) is 6.74. The van der Waals surface area contributed by atoms with Gasteiger partial charge < -0.3 is 10.3 Å². The Morgan fingerprint density at radius 2 is 2.20 bits per heavy atom. The van der Waals surface area contributed by atoms with Gasteiger partial charge in [-0.25, -0.2) is 9.37 Å². The van der Waals surface area contributed by atoms with Crippen molar-refractivity contribution in [3.63, 3.8) is 0 Å². The molecular weight excluding hydrogens is 255 g/mol. The van der Waals surface area contributed by atoms with E-state index in [0.717, 1.165) is 31.2 Å². The number of hydrogen-bond acceptors (Lipinski definition) is 3. The molecular formula is C15H21FN4. The molecule has 0 saturated heterocycles. The normalized spacial score (nSPS) is 15.4. The van der Waals surface area contributed by atoms with Gasteiger partial charge in [0.1, 0.15) is 5.82 Å². The molecule has 0 atom stereocenters. The third kappa shape index (κ3) is 2.38. The zero-order chi connectivity index (χ0) is 14.3. The summed E-state index contributed by atoms with van der Waals surface area (Å²) in [6.45, 7) is 6.79. The van der Waals surface area contributed by atoms with E-state index in [9.17, 15) is 4.39 Å². The van der Waals surface area contributed by atoms with E-state index in [0.29, 0.717) is 17.0 Å². The first-order chi connectivity index (χ1) is 9.60. The molecule has 5 heteroatoms. The van der Waals surface area contributed by atoms with Crippen LogP contribution in [0.15, 0.2) is 12.1 Å². The molecule has 1 aliphatic rings. The first-order valence-corrected chi connectivity index (χ1v) is 7.26. The smallest absolute Gasteiger partial charge is 0.201 e. The predicted octanol–water partition coefficient (Wildman–Crippen LogP) is 2.55. The molecule has 1 aromatic heterocycles. The number of nitrogens with zero attached hydrogens (tertiary/aromatic N) is 3. The molecule has 4 nitrogen and oxygen atoms in total. The Labute approximate surface area is 118 Å². The summed E-state index contributed by atoms with van der Waals surface area (Å²) in [5, 5.41) is 0. The Morgan fingerprint density at radius 3 is 2.85 bits per heavy atom. The van der Waals surface area contributed by atoms with Crippen LogP contribution in [0, 0.1) is 12.7 Å². The lowest BCUT2D eigenvalue weighted by atomic mass is 10.2. The summed E-state index contributed by atoms with van der Waals surface area (Å²) in [6.07, 6.45) is 2.61. The Kier molecular flexibility index (Phi) is 3.38. The van der Waals surface area contributed by atoms with Gasteiger partial charge in [0.25, 0.3) is 0 Å². The lowest BCUT2D eigenvalue weighted by Crippen LogP contribution is -2.29. The zero-order valence-electron chi connectivity index (χ0n) is 12.1. The summed E-state index contributed by atoms with van der Waals surface area (Å²) >= 11 is 0.